The van der Waals surface area contributed by atoms with Crippen LogP contribution in [0.2, 0.25) is 0 Å². The maximum atomic E-state index is 5.59. The van der Waals surface area contributed by atoms with Crippen LogP contribution in [0, 0.1) is 6.92 Å². The van der Waals surface area contributed by atoms with Crippen LogP contribution in [-0.2, 0) is 0 Å². The Morgan fingerprint density at radius 1 is 1.04 bits per heavy atom. The van der Waals surface area contributed by atoms with Gasteiger partial charge in [-0.25, -0.2) is 9.97 Å². The van der Waals surface area contributed by atoms with E-state index in [0.717, 1.165) is 48.9 Å². The molecule has 1 aromatic heterocycles. The van der Waals surface area contributed by atoms with Crippen LogP contribution >= 0.6 is 0 Å². The Labute approximate surface area is 150 Å². The second kappa shape index (κ2) is 9.22. The molecule has 1 fully saturated rings. The quantitative estimate of drug-likeness (QED) is 0.919. The Hall–Kier alpha value is -2.34. The number of benzene rings is 1. The molecular formula is C19H29N5O. The van der Waals surface area contributed by atoms with E-state index in [2.05, 4.69) is 38.2 Å². The molecule has 0 spiro atoms. The van der Waals surface area contributed by atoms with E-state index in [1.54, 1.807) is 19.5 Å². The number of rotatable bonds is 4. The highest BCUT2D eigenvalue weighted by Gasteiger charge is 2.17. The number of likely N-dealkylation sites (N-methyl/N-ethyl adjacent to an activating group) is 1. The molecule has 136 valence electrons. The molecule has 0 radical (unpaired) electrons. The van der Waals surface area contributed by atoms with E-state index in [4.69, 9.17) is 4.74 Å². The molecule has 1 aliphatic rings. The van der Waals surface area contributed by atoms with Gasteiger partial charge in [-0.3, -0.25) is 0 Å². The molecule has 2 heterocycles. The van der Waals surface area contributed by atoms with Crippen molar-refractivity contribution in [2.24, 2.45) is 0 Å². The second-order valence-electron chi connectivity index (χ2n) is 5.89. The summed E-state index contributed by atoms with van der Waals surface area (Å²) < 4.78 is 5.59. The van der Waals surface area contributed by atoms with Crippen LogP contribution in [0.15, 0.2) is 30.6 Å². The summed E-state index contributed by atoms with van der Waals surface area (Å²) in [5, 5.41) is 3.21. The van der Waals surface area contributed by atoms with Gasteiger partial charge in [-0.1, -0.05) is 13.8 Å². The van der Waals surface area contributed by atoms with Crippen LogP contribution in [0.4, 0.5) is 17.3 Å². The van der Waals surface area contributed by atoms with Crippen molar-refractivity contribution in [3.8, 4) is 5.75 Å². The first-order valence-corrected chi connectivity index (χ1v) is 8.83. The van der Waals surface area contributed by atoms with Gasteiger partial charge in [-0.2, -0.15) is 0 Å². The Balaban J connectivity index is 0.00000109. The second-order valence-corrected chi connectivity index (χ2v) is 5.89. The molecule has 2 aromatic rings. The summed E-state index contributed by atoms with van der Waals surface area (Å²) >= 11 is 0. The zero-order valence-electron chi connectivity index (χ0n) is 15.9. The summed E-state index contributed by atoms with van der Waals surface area (Å²) in [6.45, 7) is 10.1. The molecule has 0 saturated carbocycles. The normalized spacial score (nSPS) is 14.5. The number of aromatic nitrogens is 2. The van der Waals surface area contributed by atoms with Crippen molar-refractivity contribution in [1.29, 1.82) is 0 Å². The van der Waals surface area contributed by atoms with Crippen molar-refractivity contribution in [3.63, 3.8) is 0 Å². The van der Waals surface area contributed by atoms with E-state index in [1.807, 2.05) is 32.9 Å². The fraction of sp³-hybridized carbons (Fsp3) is 0.474. The highest BCUT2D eigenvalue weighted by molar-refractivity contribution is 5.67. The Kier molecular flexibility index (Phi) is 7.01. The summed E-state index contributed by atoms with van der Waals surface area (Å²) in [6, 6.07) is 6.14. The van der Waals surface area contributed by atoms with Crippen LogP contribution in [0.5, 0.6) is 5.75 Å². The first-order valence-electron chi connectivity index (χ1n) is 8.83. The smallest absolute Gasteiger partial charge is 0.227 e. The first-order chi connectivity index (χ1) is 12.2. The maximum Gasteiger partial charge on any atom is 0.227 e. The highest BCUT2D eigenvalue weighted by Crippen LogP contribution is 2.32. The average molecular weight is 343 g/mol. The lowest BCUT2D eigenvalue weighted by Gasteiger charge is -2.34. The monoisotopic (exact) mass is 343 g/mol. The van der Waals surface area contributed by atoms with Gasteiger partial charge in [0.15, 0.2) is 0 Å². The van der Waals surface area contributed by atoms with Crippen LogP contribution < -0.4 is 15.0 Å². The molecule has 0 unspecified atom stereocenters. The largest absolute Gasteiger partial charge is 0.495 e. The zero-order valence-corrected chi connectivity index (χ0v) is 15.9. The third kappa shape index (κ3) is 5.06. The number of anilines is 3. The third-order valence-corrected chi connectivity index (χ3v) is 4.06. The zero-order chi connectivity index (χ0) is 18.2. The van der Waals surface area contributed by atoms with Gasteiger partial charge in [0, 0.05) is 50.3 Å². The molecule has 1 N–H and O–H groups in total. The SMILES string of the molecule is CC.COc1cc(Nc2ncc(C)cn2)ccc1N1CCN(C)CC1. The number of aryl methyl sites for hydroxylation is 1. The summed E-state index contributed by atoms with van der Waals surface area (Å²) in [5.41, 5.74) is 3.10. The van der Waals surface area contributed by atoms with Gasteiger partial charge in [0.2, 0.25) is 5.95 Å². The number of hydrogen-bond donors (Lipinski definition) is 1. The molecule has 25 heavy (non-hydrogen) atoms. The summed E-state index contributed by atoms with van der Waals surface area (Å²) in [5.74, 6) is 1.46. The highest BCUT2D eigenvalue weighted by atomic mass is 16.5. The molecule has 0 atom stereocenters. The Morgan fingerprint density at radius 2 is 1.68 bits per heavy atom. The predicted octanol–water partition coefficient (Wildman–Crippen LogP) is 3.32. The minimum atomic E-state index is 0.588. The number of hydrogen-bond acceptors (Lipinski definition) is 6. The van der Waals surface area contributed by atoms with Gasteiger partial charge >= 0.3 is 0 Å². The van der Waals surface area contributed by atoms with Gasteiger partial charge in [-0.05, 0) is 31.7 Å². The standard InChI is InChI=1S/C17H23N5O.C2H6/c1-13-11-18-17(19-12-13)20-14-4-5-15(16(10-14)23-3)22-8-6-21(2)7-9-22;1-2/h4-5,10-12H,6-9H2,1-3H3,(H,18,19,20);1-2H3. The number of piperazine rings is 1. The lowest BCUT2D eigenvalue weighted by atomic mass is 10.2. The minimum absolute atomic E-state index is 0.588. The van der Waals surface area contributed by atoms with Crippen LogP contribution in [0.1, 0.15) is 19.4 Å². The number of nitrogens with one attached hydrogen (secondary N) is 1. The van der Waals surface area contributed by atoms with E-state index < -0.39 is 0 Å². The van der Waals surface area contributed by atoms with Gasteiger partial charge < -0.3 is 19.9 Å². The maximum absolute atomic E-state index is 5.59. The van der Waals surface area contributed by atoms with E-state index >= 15 is 0 Å². The van der Waals surface area contributed by atoms with Crippen molar-refractivity contribution in [2.75, 3.05) is 50.6 Å². The van der Waals surface area contributed by atoms with Crippen molar-refractivity contribution >= 4 is 17.3 Å². The minimum Gasteiger partial charge on any atom is -0.495 e. The number of ether oxygens (including phenoxy) is 1. The lowest BCUT2D eigenvalue weighted by Crippen LogP contribution is -2.44. The van der Waals surface area contributed by atoms with Crippen molar-refractivity contribution in [1.82, 2.24) is 14.9 Å². The molecule has 0 aliphatic carbocycles. The molecular weight excluding hydrogens is 314 g/mol. The van der Waals surface area contributed by atoms with Gasteiger partial charge in [0.25, 0.3) is 0 Å². The summed E-state index contributed by atoms with van der Waals surface area (Å²) in [4.78, 5) is 13.2. The first kappa shape index (κ1) is 19.0. The molecule has 1 saturated heterocycles. The Morgan fingerprint density at radius 3 is 2.28 bits per heavy atom. The van der Waals surface area contributed by atoms with E-state index in [-0.39, 0.29) is 0 Å². The van der Waals surface area contributed by atoms with Crippen molar-refractivity contribution < 1.29 is 4.74 Å². The molecule has 0 amide bonds. The number of methoxy groups -OCH3 is 1. The van der Waals surface area contributed by atoms with E-state index in [9.17, 15) is 0 Å². The van der Waals surface area contributed by atoms with E-state index in [1.165, 1.54) is 0 Å². The fourth-order valence-electron chi connectivity index (χ4n) is 2.65. The number of nitrogens with zero attached hydrogens (tertiary/aromatic N) is 4. The summed E-state index contributed by atoms with van der Waals surface area (Å²) in [6.07, 6.45) is 3.59. The van der Waals surface area contributed by atoms with Gasteiger partial charge in [0.05, 0.1) is 12.8 Å². The third-order valence-electron chi connectivity index (χ3n) is 4.06. The van der Waals surface area contributed by atoms with Crippen molar-refractivity contribution in [3.05, 3.63) is 36.2 Å². The molecule has 3 rings (SSSR count). The van der Waals surface area contributed by atoms with Crippen molar-refractivity contribution in [2.45, 2.75) is 20.8 Å². The summed E-state index contributed by atoms with van der Waals surface area (Å²) in [7, 11) is 3.87. The molecule has 0 bridgehead atoms. The topological polar surface area (TPSA) is 53.5 Å². The Bertz CT molecular complexity index is 651. The van der Waals surface area contributed by atoms with Gasteiger partial charge in [-0.15, -0.1) is 0 Å². The predicted molar refractivity (Wildman–Crippen MR) is 104 cm³/mol. The molecule has 6 nitrogen and oxygen atoms in total. The molecule has 1 aromatic carbocycles. The molecule has 1 aliphatic heterocycles. The lowest BCUT2D eigenvalue weighted by molar-refractivity contribution is 0.311. The van der Waals surface area contributed by atoms with E-state index in [0.29, 0.717) is 5.95 Å². The van der Waals surface area contributed by atoms with Crippen LogP contribution in [0.3, 0.4) is 0 Å². The van der Waals surface area contributed by atoms with Crippen LogP contribution in [-0.4, -0.2) is 55.2 Å². The molecule has 6 heteroatoms. The van der Waals surface area contributed by atoms with Gasteiger partial charge in [0.1, 0.15) is 5.75 Å². The average Bonchev–Trinajstić information content (AvgIpc) is 2.66. The van der Waals surface area contributed by atoms with Crippen LogP contribution in [0.25, 0.3) is 0 Å². The fourth-order valence-corrected chi connectivity index (χ4v) is 2.65.